The van der Waals surface area contributed by atoms with Gasteiger partial charge < -0.3 is 0 Å². The van der Waals surface area contributed by atoms with Crippen molar-refractivity contribution in [2.75, 3.05) is 0 Å². The number of halogens is 1. The predicted octanol–water partition coefficient (Wildman–Crippen LogP) is 3.60. The van der Waals surface area contributed by atoms with Crippen LogP contribution >= 0.6 is 15.9 Å². The maximum absolute atomic E-state index is 5.75. The second-order valence-corrected chi connectivity index (χ2v) is 6.17. The third-order valence-electron chi connectivity index (χ3n) is 3.16. The SMILES string of the molecule is CC(C)Cc1cccc(C(NN)c2ncccc2Br)c1. The summed E-state index contributed by atoms with van der Waals surface area (Å²) < 4.78 is 0.956. The zero-order valence-corrected chi connectivity index (χ0v) is 13.4. The number of nitrogens with zero attached hydrogens (tertiary/aromatic N) is 1. The van der Waals surface area contributed by atoms with E-state index in [-0.39, 0.29) is 6.04 Å². The van der Waals surface area contributed by atoms with Crippen molar-refractivity contribution in [1.82, 2.24) is 10.4 Å². The first-order valence-corrected chi connectivity index (χ1v) is 7.56. The molecule has 0 spiro atoms. The van der Waals surface area contributed by atoms with Gasteiger partial charge in [0, 0.05) is 10.7 Å². The highest BCUT2D eigenvalue weighted by molar-refractivity contribution is 9.10. The minimum absolute atomic E-state index is 0.113. The molecule has 2 rings (SSSR count). The molecule has 0 bridgehead atoms. The molecular weight excluding hydrogens is 314 g/mol. The highest BCUT2D eigenvalue weighted by atomic mass is 79.9. The van der Waals surface area contributed by atoms with E-state index < -0.39 is 0 Å². The summed E-state index contributed by atoms with van der Waals surface area (Å²) in [4.78, 5) is 4.43. The van der Waals surface area contributed by atoms with E-state index >= 15 is 0 Å². The van der Waals surface area contributed by atoms with Crippen LogP contribution in [0.5, 0.6) is 0 Å². The smallest absolute Gasteiger partial charge is 0.0893 e. The second-order valence-electron chi connectivity index (χ2n) is 5.31. The molecule has 3 nitrogen and oxygen atoms in total. The van der Waals surface area contributed by atoms with Crippen molar-refractivity contribution < 1.29 is 0 Å². The first kappa shape index (κ1) is 15.2. The minimum atomic E-state index is -0.113. The van der Waals surface area contributed by atoms with Gasteiger partial charge in [0.15, 0.2) is 0 Å². The number of nitrogens with two attached hydrogens (primary N) is 1. The van der Waals surface area contributed by atoms with Crippen LogP contribution in [0.1, 0.15) is 36.7 Å². The number of hydrogen-bond donors (Lipinski definition) is 2. The monoisotopic (exact) mass is 333 g/mol. The van der Waals surface area contributed by atoms with E-state index in [9.17, 15) is 0 Å². The molecule has 0 saturated carbocycles. The number of rotatable bonds is 5. The first-order valence-electron chi connectivity index (χ1n) is 6.77. The first-order chi connectivity index (χ1) is 9.61. The van der Waals surface area contributed by atoms with Crippen molar-refractivity contribution in [3.05, 3.63) is 63.9 Å². The van der Waals surface area contributed by atoms with E-state index in [4.69, 9.17) is 5.84 Å². The van der Waals surface area contributed by atoms with Gasteiger partial charge in [-0.25, -0.2) is 5.43 Å². The number of aromatic nitrogens is 1. The molecule has 0 radical (unpaired) electrons. The lowest BCUT2D eigenvalue weighted by Gasteiger charge is -2.18. The van der Waals surface area contributed by atoms with E-state index in [2.05, 4.69) is 64.5 Å². The summed E-state index contributed by atoms with van der Waals surface area (Å²) in [5.74, 6) is 6.38. The zero-order valence-electron chi connectivity index (χ0n) is 11.8. The lowest BCUT2D eigenvalue weighted by Crippen LogP contribution is -2.29. The van der Waals surface area contributed by atoms with Crippen molar-refractivity contribution in [3.63, 3.8) is 0 Å². The molecule has 1 atom stereocenters. The fourth-order valence-corrected chi connectivity index (χ4v) is 2.80. The Labute approximate surface area is 128 Å². The number of hydrazine groups is 1. The van der Waals surface area contributed by atoms with Crippen LogP contribution in [0.4, 0.5) is 0 Å². The molecule has 0 saturated heterocycles. The van der Waals surface area contributed by atoms with Gasteiger partial charge in [-0.15, -0.1) is 0 Å². The highest BCUT2D eigenvalue weighted by Gasteiger charge is 2.16. The van der Waals surface area contributed by atoms with Crippen molar-refractivity contribution in [2.24, 2.45) is 11.8 Å². The standard InChI is InChI=1S/C16H20BrN3/c1-11(2)9-12-5-3-6-13(10-12)15(20-18)16-14(17)7-4-8-19-16/h3-8,10-11,15,20H,9,18H2,1-2H3. The fraction of sp³-hybridized carbons (Fsp3) is 0.312. The molecule has 1 heterocycles. The van der Waals surface area contributed by atoms with Crippen LogP contribution < -0.4 is 11.3 Å². The molecule has 0 aliphatic rings. The summed E-state index contributed by atoms with van der Waals surface area (Å²) in [6.45, 7) is 4.45. The summed E-state index contributed by atoms with van der Waals surface area (Å²) in [5, 5.41) is 0. The molecule has 0 fully saturated rings. The van der Waals surface area contributed by atoms with E-state index in [0.717, 1.165) is 22.2 Å². The average molecular weight is 334 g/mol. The molecule has 20 heavy (non-hydrogen) atoms. The van der Waals surface area contributed by atoms with Gasteiger partial charge in [-0.3, -0.25) is 10.8 Å². The van der Waals surface area contributed by atoms with Gasteiger partial charge >= 0.3 is 0 Å². The van der Waals surface area contributed by atoms with Gasteiger partial charge in [-0.1, -0.05) is 38.1 Å². The largest absolute Gasteiger partial charge is 0.271 e. The zero-order chi connectivity index (χ0) is 14.5. The summed E-state index contributed by atoms with van der Waals surface area (Å²) in [6.07, 6.45) is 2.84. The maximum atomic E-state index is 5.75. The third kappa shape index (κ3) is 3.66. The normalized spacial score (nSPS) is 12.7. The Balaban J connectivity index is 2.35. The Morgan fingerprint density at radius 2 is 2.05 bits per heavy atom. The molecule has 0 amide bonds. The van der Waals surface area contributed by atoms with E-state index in [1.54, 1.807) is 6.20 Å². The molecule has 1 aromatic heterocycles. The molecule has 0 aliphatic carbocycles. The van der Waals surface area contributed by atoms with Gasteiger partial charge in [-0.05, 0) is 51.5 Å². The maximum Gasteiger partial charge on any atom is 0.0893 e. The lowest BCUT2D eigenvalue weighted by atomic mass is 9.97. The molecular formula is C16H20BrN3. The van der Waals surface area contributed by atoms with Gasteiger partial charge in [0.1, 0.15) is 0 Å². The average Bonchev–Trinajstić information content (AvgIpc) is 2.41. The fourth-order valence-electron chi connectivity index (χ4n) is 2.31. The number of hydrogen-bond acceptors (Lipinski definition) is 3. The van der Waals surface area contributed by atoms with Crippen LogP contribution in [0.3, 0.4) is 0 Å². The summed E-state index contributed by atoms with van der Waals surface area (Å²) in [7, 11) is 0. The molecule has 2 aromatic rings. The quantitative estimate of drug-likeness (QED) is 0.649. The van der Waals surface area contributed by atoms with Crippen molar-refractivity contribution >= 4 is 15.9 Å². The minimum Gasteiger partial charge on any atom is -0.271 e. The Morgan fingerprint density at radius 3 is 2.70 bits per heavy atom. The molecule has 106 valence electrons. The Bertz CT molecular complexity index is 569. The van der Waals surface area contributed by atoms with Gasteiger partial charge in [-0.2, -0.15) is 0 Å². The Kier molecular flexibility index (Phi) is 5.29. The Hall–Kier alpha value is -1.23. The number of benzene rings is 1. The molecule has 1 unspecified atom stereocenters. The molecule has 0 aliphatic heterocycles. The van der Waals surface area contributed by atoms with E-state index in [1.165, 1.54) is 5.56 Å². The third-order valence-corrected chi connectivity index (χ3v) is 3.83. The summed E-state index contributed by atoms with van der Waals surface area (Å²) in [6, 6.07) is 12.3. The molecule has 1 aromatic carbocycles. The van der Waals surface area contributed by atoms with Crippen molar-refractivity contribution in [1.29, 1.82) is 0 Å². The van der Waals surface area contributed by atoms with E-state index in [1.807, 2.05) is 12.1 Å². The van der Waals surface area contributed by atoms with E-state index in [0.29, 0.717) is 5.92 Å². The summed E-state index contributed by atoms with van der Waals surface area (Å²) in [5.41, 5.74) is 6.22. The van der Waals surface area contributed by atoms with Crippen molar-refractivity contribution in [3.8, 4) is 0 Å². The number of pyridine rings is 1. The lowest BCUT2D eigenvalue weighted by molar-refractivity contribution is 0.613. The van der Waals surface area contributed by atoms with Crippen LogP contribution in [0.2, 0.25) is 0 Å². The van der Waals surface area contributed by atoms with Crippen LogP contribution in [-0.4, -0.2) is 4.98 Å². The number of nitrogens with one attached hydrogen (secondary N) is 1. The van der Waals surface area contributed by atoms with Crippen LogP contribution in [0.15, 0.2) is 47.1 Å². The predicted molar refractivity (Wildman–Crippen MR) is 86.1 cm³/mol. The molecule has 4 heteroatoms. The van der Waals surface area contributed by atoms with Crippen LogP contribution in [0.25, 0.3) is 0 Å². The van der Waals surface area contributed by atoms with Gasteiger partial charge in [0.05, 0.1) is 11.7 Å². The second kappa shape index (κ2) is 6.97. The van der Waals surface area contributed by atoms with Gasteiger partial charge in [0.2, 0.25) is 0 Å². The summed E-state index contributed by atoms with van der Waals surface area (Å²) >= 11 is 3.54. The highest BCUT2D eigenvalue weighted by Crippen LogP contribution is 2.26. The van der Waals surface area contributed by atoms with Gasteiger partial charge in [0.25, 0.3) is 0 Å². The van der Waals surface area contributed by atoms with Crippen LogP contribution in [-0.2, 0) is 6.42 Å². The Morgan fingerprint density at radius 1 is 1.25 bits per heavy atom. The van der Waals surface area contributed by atoms with Crippen LogP contribution in [0, 0.1) is 5.92 Å². The topological polar surface area (TPSA) is 50.9 Å². The molecule has 3 N–H and O–H groups in total. The van der Waals surface area contributed by atoms with Crippen molar-refractivity contribution in [2.45, 2.75) is 26.3 Å².